The molecule has 1 fully saturated rings. The van der Waals surface area contributed by atoms with Crippen molar-refractivity contribution in [3.63, 3.8) is 0 Å². The van der Waals surface area contributed by atoms with E-state index >= 15 is 0 Å². The van der Waals surface area contributed by atoms with Gasteiger partial charge in [-0.05, 0) is 41.0 Å². The van der Waals surface area contributed by atoms with Crippen molar-refractivity contribution in [2.24, 2.45) is 0 Å². The molecule has 1 rings (SSSR count). The van der Waals surface area contributed by atoms with E-state index in [0.717, 1.165) is 13.0 Å². The summed E-state index contributed by atoms with van der Waals surface area (Å²) >= 11 is 0. The smallest absolute Gasteiger partial charge is 0.424 e. The van der Waals surface area contributed by atoms with E-state index in [4.69, 9.17) is 4.74 Å². The summed E-state index contributed by atoms with van der Waals surface area (Å²) in [6.07, 6.45) is 12.9. The number of hydrogen-bond donors (Lipinski definition) is 0. The molecule has 1 aliphatic heterocycles. The van der Waals surface area contributed by atoms with Gasteiger partial charge in [-0.3, -0.25) is 0 Å². The Labute approximate surface area is 156 Å². The molecule has 0 unspecified atom stereocenters. The van der Waals surface area contributed by atoms with Gasteiger partial charge in [0.05, 0.1) is 17.7 Å². The molecule has 1 saturated heterocycles. The zero-order chi connectivity index (χ0) is 18.9. The molecule has 0 N–H and O–H groups in total. The van der Waals surface area contributed by atoms with Gasteiger partial charge in [0.15, 0.2) is 0 Å². The Hall–Kier alpha value is -0.770. The molecule has 4 nitrogen and oxygen atoms in total. The molecule has 0 atom stereocenters. The topological polar surface area (TPSA) is 32.6 Å². The number of ether oxygens (including phenoxy) is 1. The van der Waals surface area contributed by atoms with E-state index in [1.54, 1.807) is 0 Å². The van der Waals surface area contributed by atoms with Crippen LogP contribution in [0.1, 0.15) is 106 Å². The van der Waals surface area contributed by atoms with Crippen LogP contribution in [0.25, 0.3) is 0 Å². The summed E-state index contributed by atoms with van der Waals surface area (Å²) in [7, 11) is 0. The molecule has 1 heterocycles. The van der Waals surface area contributed by atoms with Crippen molar-refractivity contribution in [1.82, 2.24) is 10.0 Å². The van der Waals surface area contributed by atoms with Crippen molar-refractivity contribution in [3.05, 3.63) is 0 Å². The molecule has 0 spiro atoms. The van der Waals surface area contributed by atoms with Gasteiger partial charge < -0.3 is 4.74 Å². The maximum Gasteiger partial charge on any atom is 0.424 e. The zero-order valence-electron chi connectivity index (χ0n) is 17.7. The minimum atomic E-state index is -0.197. The number of hydrazine groups is 1. The predicted molar refractivity (Wildman–Crippen MR) is 106 cm³/mol. The van der Waals surface area contributed by atoms with Crippen LogP contribution in [0, 0.1) is 0 Å². The average Bonchev–Trinajstić information content (AvgIpc) is 2.95. The molecule has 148 valence electrons. The normalized spacial score (nSPS) is 18.2. The lowest BCUT2D eigenvalue weighted by Gasteiger charge is -2.26. The third-order valence-corrected chi connectivity index (χ3v) is 5.95. The molecule has 1 amide bonds. The van der Waals surface area contributed by atoms with E-state index in [1.807, 2.05) is 11.9 Å². The number of amides is 1. The molecule has 0 radical (unpaired) electrons. The second-order valence-electron chi connectivity index (χ2n) is 8.43. The highest BCUT2D eigenvalue weighted by atomic mass is 16.6. The molecule has 0 aromatic heterocycles. The van der Waals surface area contributed by atoms with E-state index in [-0.39, 0.29) is 17.2 Å². The van der Waals surface area contributed by atoms with Crippen LogP contribution < -0.4 is 0 Å². The number of carbonyl (C=O) groups is 1. The number of unbranched alkanes of at least 4 members (excludes halogenated alkanes) is 9. The molecular weight excluding hydrogens is 312 g/mol. The lowest BCUT2D eigenvalue weighted by atomic mass is 10.0. The molecule has 25 heavy (non-hydrogen) atoms. The third-order valence-electron chi connectivity index (χ3n) is 5.95. The first-order chi connectivity index (χ1) is 11.8. The van der Waals surface area contributed by atoms with E-state index < -0.39 is 0 Å². The second kappa shape index (κ2) is 10.4. The quantitative estimate of drug-likeness (QED) is 0.293. The molecular formula is C21H42N2O2. The van der Waals surface area contributed by atoms with Crippen LogP contribution in [0.3, 0.4) is 0 Å². The molecule has 0 saturated carbocycles. The predicted octanol–water partition coefficient (Wildman–Crippen LogP) is 6.15. The van der Waals surface area contributed by atoms with Crippen molar-refractivity contribution in [2.75, 3.05) is 13.2 Å². The second-order valence-corrected chi connectivity index (χ2v) is 8.43. The fraction of sp³-hybridized carbons (Fsp3) is 0.952. The highest BCUT2D eigenvalue weighted by molar-refractivity contribution is 5.67. The zero-order valence-corrected chi connectivity index (χ0v) is 17.7. The molecule has 1 aliphatic rings. The summed E-state index contributed by atoms with van der Waals surface area (Å²) in [6, 6.07) is 0. The summed E-state index contributed by atoms with van der Waals surface area (Å²) in [5, 5.41) is 4.03. The third kappa shape index (κ3) is 6.16. The van der Waals surface area contributed by atoms with E-state index in [2.05, 4.69) is 39.6 Å². The largest absolute Gasteiger partial charge is 0.449 e. The van der Waals surface area contributed by atoms with Crippen molar-refractivity contribution < 1.29 is 9.53 Å². The Balaban J connectivity index is 2.25. The van der Waals surface area contributed by atoms with Crippen LogP contribution >= 0.6 is 0 Å². The van der Waals surface area contributed by atoms with Gasteiger partial charge in [0.1, 0.15) is 0 Å². The molecule has 0 aromatic rings. The van der Waals surface area contributed by atoms with E-state index in [1.165, 1.54) is 57.8 Å². The molecule has 4 heteroatoms. The Morgan fingerprint density at radius 2 is 1.24 bits per heavy atom. The van der Waals surface area contributed by atoms with Gasteiger partial charge in [0, 0.05) is 6.54 Å². The van der Waals surface area contributed by atoms with Gasteiger partial charge in [0.2, 0.25) is 0 Å². The maximum atomic E-state index is 12.4. The van der Waals surface area contributed by atoms with Crippen LogP contribution in [0.2, 0.25) is 0 Å². The first-order valence-electron chi connectivity index (χ1n) is 10.5. The van der Waals surface area contributed by atoms with E-state index in [9.17, 15) is 4.79 Å². The number of nitrogens with zero attached hydrogens (tertiary/aromatic N) is 2. The fourth-order valence-corrected chi connectivity index (χ4v) is 3.72. The van der Waals surface area contributed by atoms with Crippen LogP contribution in [0.15, 0.2) is 0 Å². The Morgan fingerprint density at radius 1 is 0.800 bits per heavy atom. The van der Waals surface area contributed by atoms with Crippen molar-refractivity contribution >= 4 is 6.09 Å². The molecule has 0 bridgehead atoms. The lowest BCUT2D eigenvalue weighted by Crippen LogP contribution is -2.41. The minimum absolute atomic E-state index is 0.0122. The van der Waals surface area contributed by atoms with Crippen LogP contribution in [0.4, 0.5) is 4.79 Å². The summed E-state index contributed by atoms with van der Waals surface area (Å²) in [4.78, 5) is 12.4. The van der Waals surface area contributed by atoms with Crippen LogP contribution in [-0.4, -0.2) is 40.3 Å². The summed E-state index contributed by atoms with van der Waals surface area (Å²) in [5.74, 6) is 0. The highest BCUT2D eigenvalue weighted by Crippen LogP contribution is 2.52. The standard InChI is InChI=1S/C21H42N2O2/c1-7-9-10-11-12-13-14-15-16-17-18-22(19(24)25-8-2)23-20(3,4)21(23,5)6/h7-18H2,1-6H3. The summed E-state index contributed by atoms with van der Waals surface area (Å²) in [5.41, 5.74) is 0.0243. The van der Waals surface area contributed by atoms with Gasteiger partial charge in [-0.25, -0.2) is 14.8 Å². The van der Waals surface area contributed by atoms with Gasteiger partial charge in [-0.2, -0.15) is 0 Å². The molecule has 0 aliphatic carbocycles. The lowest BCUT2D eigenvalue weighted by molar-refractivity contribution is 0.0210. The Kier molecular flexibility index (Phi) is 9.26. The van der Waals surface area contributed by atoms with Gasteiger partial charge in [-0.1, -0.05) is 64.7 Å². The van der Waals surface area contributed by atoms with Gasteiger partial charge in [0.25, 0.3) is 0 Å². The number of carbonyl (C=O) groups excluding carboxylic acids is 1. The fourth-order valence-electron chi connectivity index (χ4n) is 3.72. The average molecular weight is 355 g/mol. The van der Waals surface area contributed by atoms with E-state index in [0.29, 0.717) is 6.61 Å². The van der Waals surface area contributed by atoms with Crippen molar-refractivity contribution in [1.29, 1.82) is 0 Å². The SMILES string of the molecule is CCCCCCCCCCCCN(C(=O)OCC)N1C(C)(C)C1(C)C. The van der Waals surface area contributed by atoms with Crippen molar-refractivity contribution in [2.45, 2.75) is 117 Å². The number of rotatable bonds is 13. The first kappa shape index (κ1) is 22.3. The van der Waals surface area contributed by atoms with Gasteiger partial charge >= 0.3 is 6.09 Å². The summed E-state index contributed by atoms with van der Waals surface area (Å²) < 4.78 is 5.28. The minimum Gasteiger partial charge on any atom is -0.449 e. The monoisotopic (exact) mass is 354 g/mol. The van der Waals surface area contributed by atoms with Crippen LogP contribution in [0.5, 0.6) is 0 Å². The van der Waals surface area contributed by atoms with Crippen LogP contribution in [-0.2, 0) is 4.74 Å². The van der Waals surface area contributed by atoms with Crippen molar-refractivity contribution in [3.8, 4) is 0 Å². The Morgan fingerprint density at radius 3 is 1.64 bits per heavy atom. The highest BCUT2D eigenvalue weighted by Gasteiger charge is 2.66. The first-order valence-corrected chi connectivity index (χ1v) is 10.5. The summed E-state index contributed by atoms with van der Waals surface area (Å²) in [6.45, 7) is 14.1. The Bertz CT molecular complexity index is 379. The molecule has 0 aromatic carbocycles. The number of hydrogen-bond acceptors (Lipinski definition) is 3. The maximum absolute atomic E-state index is 12.4. The van der Waals surface area contributed by atoms with Gasteiger partial charge in [-0.15, -0.1) is 0 Å².